The average Bonchev–Trinajstić information content (AvgIpc) is 2.59. The van der Waals surface area contributed by atoms with Crippen molar-refractivity contribution in [3.8, 4) is 0 Å². The molecule has 2 aromatic heterocycles. The second kappa shape index (κ2) is 4.36. The molecule has 0 spiro atoms. The minimum Gasteiger partial charge on any atom is -0.340 e. The summed E-state index contributed by atoms with van der Waals surface area (Å²) in [6, 6.07) is 0. The summed E-state index contributed by atoms with van der Waals surface area (Å²) in [7, 11) is 0. The predicted molar refractivity (Wildman–Crippen MR) is 58.3 cm³/mol. The number of hydrogen-bond acceptors (Lipinski definition) is 3. The third-order valence-electron chi connectivity index (χ3n) is 1.92. The average molecular weight is 258 g/mol. The van der Waals surface area contributed by atoms with Crippen LogP contribution in [0.3, 0.4) is 0 Å². The third kappa shape index (κ3) is 1.70. The van der Waals surface area contributed by atoms with E-state index in [0.717, 1.165) is 18.6 Å². The van der Waals surface area contributed by atoms with Crippen LogP contribution in [-0.2, 0) is 6.54 Å². The van der Waals surface area contributed by atoms with E-state index in [9.17, 15) is 0 Å². The van der Waals surface area contributed by atoms with Crippen LogP contribution < -0.4 is 5.49 Å². The Balaban J connectivity index is 0.000000980. The van der Waals surface area contributed by atoms with Crippen molar-refractivity contribution in [2.24, 2.45) is 0 Å². The van der Waals surface area contributed by atoms with Crippen molar-refractivity contribution in [1.29, 1.82) is 5.41 Å². The number of halogens is 1. The van der Waals surface area contributed by atoms with Gasteiger partial charge in [-0.3, -0.25) is 5.41 Å². The zero-order valence-electron chi connectivity index (χ0n) is 7.82. The number of rotatable bonds is 2. The molecule has 5 nitrogen and oxygen atoms in total. The monoisotopic (exact) mass is 257 g/mol. The third-order valence-corrected chi connectivity index (χ3v) is 1.92. The maximum absolute atomic E-state index is 7.51. The SMILES string of the molecule is Br.CCCn1cnc(=N)c2[nH]cnc21. The van der Waals surface area contributed by atoms with Crippen molar-refractivity contribution >= 4 is 28.1 Å². The molecule has 0 aliphatic heterocycles. The number of fused-ring (bicyclic) bond motifs is 1. The molecule has 76 valence electrons. The fourth-order valence-corrected chi connectivity index (χ4v) is 1.33. The van der Waals surface area contributed by atoms with Gasteiger partial charge in [0.25, 0.3) is 0 Å². The molecule has 2 N–H and O–H groups in total. The highest BCUT2D eigenvalue weighted by atomic mass is 79.9. The van der Waals surface area contributed by atoms with Gasteiger partial charge in [0.1, 0.15) is 5.52 Å². The number of nitrogens with zero attached hydrogens (tertiary/aromatic N) is 3. The second-order valence-corrected chi connectivity index (χ2v) is 2.89. The first kappa shape index (κ1) is 10.9. The van der Waals surface area contributed by atoms with Gasteiger partial charge in [-0.15, -0.1) is 17.0 Å². The van der Waals surface area contributed by atoms with E-state index in [-0.39, 0.29) is 22.5 Å². The van der Waals surface area contributed by atoms with Crippen LogP contribution in [0, 0.1) is 5.41 Å². The lowest BCUT2D eigenvalue weighted by Crippen LogP contribution is -2.12. The van der Waals surface area contributed by atoms with Crippen LogP contribution in [0.15, 0.2) is 12.7 Å². The summed E-state index contributed by atoms with van der Waals surface area (Å²) in [6.45, 7) is 2.98. The maximum Gasteiger partial charge on any atom is 0.173 e. The topological polar surface area (TPSA) is 70.3 Å². The second-order valence-electron chi connectivity index (χ2n) is 2.89. The van der Waals surface area contributed by atoms with E-state index in [1.54, 1.807) is 12.7 Å². The number of H-pyrrole nitrogens is 1. The Hall–Kier alpha value is -1.17. The summed E-state index contributed by atoms with van der Waals surface area (Å²) in [6.07, 6.45) is 4.29. The maximum atomic E-state index is 7.51. The Labute approximate surface area is 91.5 Å². The number of imidazole rings is 1. The molecular formula is C8H12BrN5. The van der Waals surface area contributed by atoms with Gasteiger partial charge < -0.3 is 9.55 Å². The summed E-state index contributed by atoms with van der Waals surface area (Å²) >= 11 is 0. The highest BCUT2D eigenvalue weighted by molar-refractivity contribution is 8.93. The molecule has 0 radical (unpaired) electrons. The fourth-order valence-electron chi connectivity index (χ4n) is 1.33. The van der Waals surface area contributed by atoms with Gasteiger partial charge >= 0.3 is 0 Å². The van der Waals surface area contributed by atoms with Gasteiger partial charge in [-0.25, -0.2) is 9.97 Å². The molecule has 0 saturated carbocycles. The van der Waals surface area contributed by atoms with E-state index in [4.69, 9.17) is 5.41 Å². The molecule has 0 aromatic carbocycles. The van der Waals surface area contributed by atoms with Crippen LogP contribution in [0.25, 0.3) is 11.2 Å². The molecule has 0 amide bonds. The van der Waals surface area contributed by atoms with Crippen molar-refractivity contribution in [2.75, 3.05) is 0 Å². The van der Waals surface area contributed by atoms with Crippen LogP contribution in [0.5, 0.6) is 0 Å². The van der Waals surface area contributed by atoms with Crippen LogP contribution >= 0.6 is 17.0 Å². The minimum atomic E-state index is 0. The number of aryl methyl sites for hydroxylation is 1. The van der Waals surface area contributed by atoms with Crippen molar-refractivity contribution in [2.45, 2.75) is 19.9 Å². The molecule has 2 aromatic rings. The predicted octanol–water partition coefficient (Wildman–Crippen LogP) is 1.23. The quantitative estimate of drug-likeness (QED) is 0.850. The molecule has 0 saturated heterocycles. The summed E-state index contributed by atoms with van der Waals surface area (Å²) in [5.74, 6) is 0. The van der Waals surface area contributed by atoms with Gasteiger partial charge in [-0.1, -0.05) is 6.92 Å². The molecule has 0 atom stereocenters. The van der Waals surface area contributed by atoms with E-state index in [0.29, 0.717) is 5.52 Å². The molecular weight excluding hydrogens is 246 g/mol. The summed E-state index contributed by atoms with van der Waals surface area (Å²) in [4.78, 5) is 11.0. The first-order valence-electron chi connectivity index (χ1n) is 4.26. The Kier molecular flexibility index (Phi) is 3.40. The lowest BCUT2D eigenvalue weighted by molar-refractivity contribution is 0.676. The van der Waals surface area contributed by atoms with Gasteiger partial charge in [0.2, 0.25) is 0 Å². The zero-order chi connectivity index (χ0) is 9.26. The molecule has 0 aliphatic rings. The van der Waals surface area contributed by atoms with Crippen molar-refractivity contribution in [1.82, 2.24) is 19.5 Å². The Bertz CT molecular complexity index is 472. The molecule has 0 unspecified atom stereocenters. The Morgan fingerprint density at radius 3 is 3.00 bits per heavy atom. The largest absolute Gasteiger partial charge is 0.340 e. The van der Waals surface area contributed by atoms with Crippen LogP contribution in [0.4, 0.5) is 0 Å². The molecule has 2 heterocycles. The Morgan fingerprint density at radius 1 is 1.50 bits per heavy atom. The molecule has 2 rings (SSSR count). The van der Waals surface area contributed by atoms with Gasteiger partial charge in [0.15, 0.2) is 11.1 Å². The van der Waals surface area contributed by atoms with Crippen LogP contribution in [-0.4, -0.2) is 19.5 Å². The first-order chi connectivity index (χ1) is 6.33. The molecule has 6 heteroatoms. The normalized spacial score (nSPS) is 10.1. The number of aromatic nitrogens is 4. The fraction of sp³-hybridized carbons (Fsp3) is 0.375. The zero-order valence-corrected chi connectivity index (χ0v) is 9.53. The summed E-state index contributed by atoms with van der Waals surface area (Å²) in [5, 5.41) is 7.51. The minimum absolute atomic E-state index is 0. The number of aromatic amines is 1. The molecule has 14 heavy (non-hydrogen) atoms. The summed E-state index contributed by atoms with van der Waals surface area (Å²) in [5.41, 5.74) is 1.76. The number of hydrogen-bond donors (Lipinski definition) is 2. The van der Waals surface area contributed by atoms with E-state index < -0.39 is 0 Å². The molecule has 0 fully saturated rings. The van der Waals surface area contributed by atoms with Gasteiger partial charge in [0, 0.05) is 6.54 Å². The van der Waals surface area contributed by atoms with Gasteiger partial charge in [0.05, 0.1) is 12.7 Å². The van der Waals surface area contributed by atoms with E-state index >= 15 is 0 Å². The van der Waals surface area contributed by atoms with Crippen LogP contribution in [0.2, 0.25) is 0 Å². The lowest BCUT2D eigenvalue weighted by Gasteiger charge is -2.03. The van der Waals surface area contributed by atoms with Crippen molar-refractivity contribution < 1.29 is 0 Å². The first-order valence-corrected chi connectivity index (χ1v) is 4.26. The Morgan fingerprint density at radius 2 is 2.29 bits per heavy atom. The van der Waals surface area contributed by atoms with Crippen LogP contribution in [0.1, 0.15) is 13.3 Å². The highest BCUT2D eigenvalue weighted by Gasteiger charge is 2.02. The van der Waals surface area contributed by atoms with E-state index in [1.165, 1.54) is 0 Å². The molecule has 0 bridgehead atoms. The lowest BCUT2D eigenvalue weighted by atomic mass is 10.4. The van der Waals surface area contributed by atoms with E-state index in [1.807, 2.05) is 4.57 Å². The van der Waals surface area contributed by atoms with Crippen molar-refractivity contribution in [3.05, 3.63) is 18.1 Å². The summed E-state index contributed by atoms with van der Waals surface area (Å²) < 4.78 is 1.95. The smallest absolute Gasteiger partial charge is 0.173 e. The van der Waals surface area contributed by atoms with E-state index in [2.05, 4.69) is 21.9 Å². The standard InChI is InChI=1S/C8H11N5.BrH/c1-2-3-13-5-12-7(9)6-8(13)11-4-10-6;/h4-5,9H,2-3H2,1H3,(H,10,11);1H. The van der Waals surface area contributed by atoms with Gasteiger partial charge in [-0.2, -0.15) is 0 Å². The molecule has 0 aliphatic carbocycles. The number of nitrogens with one attached hydrogen (secondary N) is 2. The van der Waals surface area contributed by atoms with Crippen molar-refractivity contribution in [3.63, 3.8) is 0 Å². The van der Waals surface area contributed by atoms with Gasteiger partial charge in [-0.05, 0) is 6.42 Å². The highest BCUT2D eigenvalue weighted by Crippen LogP contribution is 2.02.